The number of rotatable bonds is 5. The number of nitrogens with one attached hydrogen (secondary N) is 1. The fourth-order valence-corrected chi connectivity index (χ4v) is 3.71. The summed E-state index contributed by atoms with van der Waals surface area (Å²) >= 11 is 1.40. The standard InChI is InChI=1S/C19H22FN3O2S/c1-13-9-23(10-14(2)25-13)11-17-12-26-19(21-17)22-18(24)7-6-15-4-3-5-16(20)8-15/h3-8,12-14H,9-11H2,1-2H3,(H,21,22,24)/b7-6+. The van der Waals surface area contributed by atoms with Crippen molar-refractivity contribution in [2.75, 3.05) is 18.4 Å². The number of nitrogens with zero attached hydrogens (tertiary/aromatic N) is 2. The largest absolute Gasteiger partial charge is 0.373 e. The van der Waals surface area contributed by atoms with Gasteiger partial charge in [0.2, 0.25) is 5.91 Å². The van der Waals surface area contributed by atoms with Gasteiger partial charge in [0.25, 0.3) is 0 Å². The number of aromatic nitrogens is 1. The first-order valence-corrected chi connectivity index (χ1v) is 9.43. The Morgan fingerprint density at radius 2 is 2.19 bits per heavy atom. The Bertz CT molecular complexity index is 783. The minimum Gasteiger partial charge on any atom is -0.373 e. The second kappa shape index (κ2) is 8.53. The van der Waals surface area contributed by atoms with Crippen LogP contribution in [0.3, 0.4) is 0 Å². The van der Waals surface area contributed by atoms with Gasteiger partial charge >= 0.3 is 0 Å². The van der Waals surface area contributed by atoms with Crippen LogP contribution >= 0.6 is 11.3 Å². The quantitative estimate of drug-likeness (QED) is 0.812. The lowest BCUT2D eigenvalue weighted by Crippen LogP contribution is -2.44. The number of benzene rings is 1. The number of thiazole rings is 1. The number of carbonyl (C=O) groups is 1. The van der Waals surface area contributed by atoms with Gasteiger partial charge in [-0.25, -0.2) is 9.37 Å². The molecule has 1 aliphatic heterocycles. The van der Waals surface area contributed by atoms with Crippen molar-refractivity contribution in [1.29, 1.82) is 0 Å². The molecule has 26 heavy (non-hydrogen) atoms. The Balaban J connectivity index is 1.53. The molecule has 0 aliphatic carbocycles. The lowest BCUT2D eigenvalue weighted by molar-refractivity contribution is -0.111. The van der Waals surface area contributed by atoms with Gasteiger partial charge in [-0.15, -0.1) is 11.3 Å². The number of amides is 1. The lowest BCUT2D eigenvalue weighted by Gasteiger charge is -2.34. The van der Waals surface area contributed by atoms with Crippen molar-refractivity contribution in [2.24, 2.45) is 0 Å². The van der Waals surface area contributed by atoms with Gasteiger partial charge in [-0.05, 0) is 37.6 Å². The minimum atomic E-state index is -0.330. The van der Waals surface area contributed by atoms with Gasteiger partial charge < -0.3 is 4.74 Å². The van der Waals surface area contributed by atoms with Crippen molar-refractivity contribution in [1.82, 2.24) is 9.88 Å². The fraction of sp³-hybridized carbons (Fsp3) is 0.368. The molecule has 2 atom stereocenters. The van der Waals surface area contributed by atoms with Crippen molar-refractivity contribution in [3.05, 3.63) is 52.8 Å². The molecule has 138 valence electrons. The molecule has 0 saturated carbocycles. The van der Waals surface area contributed by atoms with Crippen molar-refractivity contribution in [3.8, 4) is 0 Å². The van der Waals surface area contributed by atoms with Gasteiger partial charge in [0.05, 0.1) is 17.9 Å². The number of morpholine rings is 1. The monoisotopic (exact) mass is 375 g/mol. The molecule has 7 heteroatoms. The summed E-state index contributed by atoms with van der Waals surface area (Å²) in [6.07, 6.45) is 3.37. The summed E-state index contributed by atoms with van der Waals surface area (Å²) in [5.41, 5.74) is 1.57. The number of halogens is 1. The third-order valence-corrected chi connectivity index (χ3v) is 4.75. The molecule has 0 spiro atoms. The van der Waals surface area contributed by atoms with Crippen LogP contribution in [-0.2, 0) is 16.1 Å². The van der Waals surface area contributed by atoms with Crippen LogP contribution in [0.5, 0.6) is 0 Å². The molecule has 0 bridgehead atoms. The Kier molecular flexibility index (Phi) is 6.13. The summed E-state index contributed by atoms with van der Waals surface area (Å²) in [4.78, 5) is 18.8. The zero-order valence-corrected chi connectivity index (χ0v) is 15.6. The molecule has 2 heterocycles. The first-order chi connectivity index (χ1) is 12.5. The van der Waals surface area contributed by atoms with Crippen molar-refractivity contribution in [2.45, 2.75) is 32.6 Å². The van der Waals surface area contributed by atoms with Crippen LogP contribution in [0.15, 0.2) is 35.7 Å². The van der Waals surface area contributed by atoms with E-state index in [1.54, 1.807) is 18.2 Å². The molecule has 1 saturated heterocycles. The van der Waals surface area contributed by atoms with Crippen LogP contribution in [0.25, 0.3) is 6.08 Å². The number of anilines is 1. The van der Waals surface area contributed by atoms with Gasteiger partial charge in [-0.2, -0.15) is 0 Å². The van der Waals surface area contributed by atoms with Crippen LogP contribution in [0.4, 0.5) is 9.52 Å². The summed E-state index contributed by atoms with van der Waals surface area (Å²) in [6.45, 7) is 6.63. The number of ether oxygens (including phenoxy) is 1. The van der Waals surface area contributed by atoms with Gasteiger partial charge in [-0.3, -0.25) is 15.0 Å². The van der Waals surface area contributed by atoms with Crippen LogP contribution in [0.2, 0.25) is 0 Å². The van der Waals surface area contributed by atoms with Crippen LogP contribution in [-0.4, -0.2) is 41.1 Å². The van der Waals surface area contributed by atoms with Gasteiger partial charge in [0.1, 0.15) is 5.82 Å². The second-order valence-electron chi connectivity index (χ2n) is 6.47. The average molecular weight is 375 g/mol. The third kappa shape index (κ3) is 5.45. The molecule has 1 N–H and O–H groups in total. The van der Waals surface area contributed by atoms with E-state index in [2.05, 4.69) is 29.0 Å². The Morgan fingerprint density at radius 3 is 2.92 bits per heavy atom. The Hall–Kier alpha value is -2.09. The average Bonchev–Trinajstić information content (AvgIpc) is 2.99. The van der Waals surface area contributed by atoms with E-state index in [-0.39, 0.29) is 23.9 Å². The topological polar surface area (TPSA) is 54.5 Å². The Labute approximate surface area is 156 Å². The predicted octanol–water partition coefficient (Wildman–Crippen LogP) is 3.54. The zero-order chi connectivity index (χ0) is 18.5. The fourth-order valence-electron chi connectivity index (χ4n) is 3.01. The normalized spacial score (nSPS) is 21.2. The highest BCUT2D eigenvalue weighted by atomic mass is 32.1. The molecule has 1 aromatic heterocycles. The maximum absolute atomic E-state index is 13.1. The number of carbonyl (C=O) groups excluding carboxylic acids is 1. The van der Waals surface area contributed by atoms with E-state index in [0.717, 1.165) is 25.3 Å². The molecule has 2 aromatic rings. The Morgan fingerprint density at radius 1 is 1.42 bits per heavy atom. The lowest BCUT2D eigenvalue weighted by atomic mass is 10.2. The van der Waals surface area contributed by atoms with E-state index in [1.165, 1.54) is 29.5 Å². The second-order valence-corrected chi connectivity index (χ2v) is 7.33. The molecule has 3 rings (SSSR count). The van der Waals surface area contributed by atoms with Crippen molar-refractivity contribution >= 4 is 28.5 Å². The van der Waals surface area contributed by atoms with Gasteiger partial charge in [0.15, 0.2) is 5.13 Å². The SMILES string of the molecule is CC1CN(Cc2csc(NC(=O)/C=C/c3cccc(F)c3)n2)CC(C)O1. The van der Waals surface area contributed by atoms with E-state index in [9.17, 15) is 9.18 Å². The van der Waals surface area contributed by atoms with E-state index < -0.39 is 0 Å². The number of hydrogen-bond donors (Lipinski definition) is 1. The summed E-state index contributed by atoms with van der Waals surface area (Å²) < 4.78 is 18.9. The maximum atomic E-state index is 13.1. The molecule has 1 fully saturated rings. The first kappa shape index (κ1) is 18.7. The van der Waals surface area contributed by atoms with Crippen LogP contribution < -0.4 is 5.32 Å². The summed E-state index contributed by atoms with van der Waals surface area (Å²) in [6, 6.07) is 6.08. The molecular weight excluding hydrogens is 353 g/mol. The molecule has 1 amide bonds. The van der Waals surface area contributed by atoms with Gasteiger partial charge in [0, 0.05) is 31.1 Å². The highest BCUT2D eigenvalue weighted by Gasteiger charge is 2.22. The number of hydrogen-bond acceptors (Lipinski definition) is 5. The molecule has 2 unspecified atom stereocenters. The highest BCUT2D eigenvalue weighted by molar-refractivity contribution is 7.13. The van der Waals surface area contributed by atoms with E-state index in [1.807, 2.05) is 5.38 Å². The summed E-state index contributed by atoms with van der Waals surface area (Å²) in [7, 11) is 0. The summed E-state index contributed by atoms with van der Waals surface area (Å²) in [5.74, 6) is -0.618. The van der Waals surface area contributed by atoms with Crippen LogP contribution in [0, 0.1) is 5.82 Å². The van der Waals surface area contributed by atoms with E-state index in [4.69, 9.17) is 4.74 Å². The van der Waals surface area contributed by atoms with E-state index >= 15 is 0 Å². The zero-order valence-electron chi connectivity index (χ0n) is 14.8. The summed E-state index contributed by atoms with van der Waals surface area (Å²) in [5, 5.41) is 5.26. The minimum absolute atomic E-state index is 0.213. The molecular formula is C19H22FN3O2S. The van der Waals surface area contributed by atoms with Crippen molar-refractivity contribution in [3.63, 3.8) is 0 Å². The molecule has 5 nitrogen and oxygen atoms in total. The highest BCUT2D eigenvalue weighted by Crippen LogP contribution is 2.19. The third-order valence-electron chi connectivity index (χ3n) is 3.94. The predicted molar refractivity (Wildman–Crippen MR) is 101 cm³/mol. The maximum Gasteiger partial charge on any atom is 0.250 e. The van der Waals surface area contributed by atoms with E-state index in [0.29, 0.717) is 10.7 Å². The van der Waals surface area contributed by atoms with Gasteiger partial charge in [-0.1, -0.05) is 12.1 Å². The molecule has 1 aliphatic rings. The smallest absolute Gasteiger partial charge is 0.250 e. The molecule has 0 radical (unpaired) electrons. The van der Waals surface area contributed by atoms with Crippen molar-refractivity contribution < 1.29 is 13.9 Å². The van der Waals surface area contributed by atoms with Crippen LogP contribution in [0.1, 0.15) is 25.1 Å². The first-order valence-electron chi connectivity index (χ1n) is 8.55. The molecule has 1 aromatic carbocycles.